The second kappa shape index (κ2) is 3.92. The molecule has 0 spiro atoms. The monoisotopic (exact) mass is 198 g/mol. The van der Waals surface area contributed by atoms with Crippen LogP contribution < -0.4 is 0 Å². The molecule has 3 atom stereocenters. The second-order valence-electron chi connectivity index (χ2n) is 5.69. The SMILES string of the molecule is CC1CC(C)C(C(=O)OC(C)(C)C)C1. The first-order valence-electron chi connectivity index (χ1n) is 5.52. The summed E-state index contributed by atoms with van der Waals surface area (Å²) in [5.41, 5.74) is -0.345. The van der Waals surface area contributed by atoms with Gasteiger partial charge in [0, 0.05) is 0 Å². The molecule has 1 saturated carbocycles. The van der Waals surface area contributed by atoms with Crippen LogP contribution in [0.1, 0.15) is 47.5 Å². The highest BCUT2D eigenvalue weighted by atomic mass is 16.6. The molecular weight excluding hydrogens is 176 g/mol. The van der Waals surface area contributed by atoms with Crippen LogP contribution in [0.15, 0.2) is 0 Å². The van der Waals surface area contributed by atoms with Crippen molar-refractivity contribution in [3.63, 3.8) is 0 Å². The van der Waals surface area contributed by atoms with Gasteiger partial charge in [-0.25, -0.2) is 0 Å². The Kier molecular flexibility index (Phi) is 3.23. The predicted octanol–water partition coefficient (Wildman–Crippen LogP) is 3.01. The normalized spacial score (nSPS) is 33.1. The van der Waals surface area contributed by atoms with Crippen molar-refractivity contribution >= 4 is 5.97 Å². The summed E-state index contributed by atoms with van der Waals surface area (Å²) < 4.78 is 5.40. The average Bonchev–Trinajstić information content (AvgIpc) is 2.26. The van der Waals surface area contributed by atoms with Crippen molar-refractivity contribution in [2.75, 3.05) is 0 Å². The quantitative estimate of drug-likeness (QED) is 0.605. The Morgan fingerprint density at radius 1 is 1.21 bits per heavy atom. The van der Waals surface area contributed by atoms with Crippen LogP contribution in [0, 0.1) is 17.8 Å². The third-order valence-corrected chi connectivity index (χ3v) is 2.83. The number of hydrogen-bond donors (Lipinski definition) is 0. The van der Waals surface area contributed by atoms with Crippen LogP contribution in [0.3, 0.4) is 0 Å². The molecule has 2 heteroatoms. The average molecular weight is 198 g/mol. The van der Waals surface area contributed by atoms with E-state index < -0.39 is 0 Å². The van der Waals surface area contributed by atoms with E-state index in [2.05, 4.69) is 13.8 Å². The van der Waals surface area contributed by atoms with Crippen molar-refractivity contribution in [1.29, 1.82) is 0 Å². The van der Waals surface area contributed by atoms with Gasteiger partial charge in [-0.3, -0.25) is 4.79 Å². The molecule has 1 fully saturated rings. The molecular formula is C12H22O2. The third-order valence-electron chi connectivity index (χ3n) is 2.83. The molecule has 0 bridgehead atoms. The van der Waals surface area contributed by atoms with E-state index in [0.717, 1.165) is 12.8 Å². The Morgan fingerprint density at radius 2 is 1.79 bits per heavy atom. The lowest BCUT2D eigenvalue weighted by atomic mass is 9.98. The van der Waals surface area contributed by atoms with E-state index in [-0.39, 0.29) is 17.5 Å². The van der Waals surface area contributed by atoms with Crippen LogP contribution in [-0.4, -0.2) is 11.6 Å². The standard InChI is InChI=1S/C12H22O2/c1-8-6-9(2)10(7-8)11(13)14-12(3,4)5/h8-10H,6-7H2,1-5H3. The van der Waals surface area contributed by atoms with Crippen molar-refractivity contribution in [2.24, 2.45) is 17.8 Å². The third kappa shape index (κ3) is 3.00. The minimum Gasteiger partial charge on any atom is -0.460 e. The van der Waals surface area contributed by atoms with Crippen molar-refractivity contribution in [1.82, 2.24) is 0 Å². The molecule has 0 aliphatic heterocycles. The molecule has 3 unspecified atom stereocenters. The van der Waals surface area contributed by atoms with E-state index in [9.17, 15) is 4.79 Å². The van der Waals surface area contributed by atoms with Gasteiger partial charge in [0.2, 0.25) is 0 Å². The highest BCUT2D eigenvalue weighted by Gasteiger charge is 2.36. The molecule has 1 aliphatic rings. The van der Waals surface area contributed by atoms with Gasteiger partial charge in [-0.2, -0.15) is 0 Å². The number of rotatable bonds is 1. The number of esters is 1. The van der Waals surface area contributed by atoms with Crippen LogP contribution in [0.25, 0.3) is 0 Å². The molecule has 1 rings (SSSR count). The maximum atomic E-state index is 11.8. The number of carbonyl (C=O) groups excluding carboxylic acids is 1. The van der Waals surface area contributed by atoms with Gasteiger partial charge in [-0.15, -0.1) is 0 Å². The van der Waals surface area contributed by atoms with Crippen LogP contribution in [-0.2, 0) is 9.53 Å². The molecule has 0 amide bonds. The van der Waals surface area contributed by atoms with Crippen molar-refractivity contribution < 1.29 is 9.53 Å². The second-order valence-corrected chi connectivity index (χ2v) is 5.69. The zero-order chi connectivity index (χ0) is 10.9. The van der Waals surface area contributed by atoms with E-state index in [4.69, 9.17) is 4.74 Å². The summed E-state index contributed by atoms with van der Waals surface area (Å²) in [5.74, 6) is 1.28. The van der Waals surface area contributed by atoms with Gasteiger partial charge in [-0.05, 0) is 45.4 Å². The van der Waals surface area contributed by atoms with Gasteiger partial charge in [0.25, 0.3) is 0 Å². The van der Waals surface area contributed by atoms with Crippen molar-refractivity contribution in [3.05, 3.63) is 0 Å². The number of hydrogen-bond acceptors (Lipinski definition) is 2. The zero-order valence-electron chi connectivity index (χ0n) is 9.96. The van der Waals surface area contributed by atoms with Crippen LogP contribution >= 0.6 is 0 Å². The fourth-order valence-corrected chi connectivity index (χ4v) is 2.27. The summed E-state index contributed by atoms with van der Waals surface area (Å²) in [5, 5.41) is 0. The summed E-state index contributed by atoms with van der Waals surface area (Å²) in [6.45, 7) is 10.1. The molecule has 0 aromatic carbocycles. The Bertz CT molecular complexity index is 215. The lowest BCUT2D eigenvalue weighted by molar-refractivity contribution is -0.161. The molecule has 0 heterocycles. The minimum absolute atomic E-state index is 0.00523. The number of ether oxygens (including phenoxy) is 1. The van der Waals surface area contributed by atoms with E-state index in [0.29, 0.717) is 11.8 Å². The highest BCUT2D eigenvalue weighted by Crippen LogP contribution is 2.37. The number of carbonyl (C=O) groups is 1. The van der Waals surface area contributed by atoms with Crippen molar-refractivity contribution in [2.45, 2.75) is 53.1 Å². The minimum atomic E-state index is -0.345. The fourth-order valence-electron chi connectivity index (χ4n) is 2.27. The van der Waals surface area contributed by atoms with E-state index >= 15 is 0 Å². The van der Waals surface area contributed by atoms with E-state index in [1.54, 1.807) is 0 Å². The summed E-state index contributed by atoms with van der Waals surface area (Å²) in [7, 11) is 0. The smallest absolute Gasteiger partial charge is 0.309 e. The molecule has 0 aromatic rings. The lowest BCUT2D eigenvalue weighted by Gasteiger charge is -2.23. The van der Waals surface area contributed by atoms with Crippen molar-refractivity contribution in [3.8, 4) is 0 Å². The van der Waals surface area contributed by atoms with Gasteiger partial charge >= 0.3 is 5.97 Å². The van der Waals surface area contributed by atoms with Gasteiger partial charge in [0.15, 0.2) is 0 Å². The zero-order valence-corrected chi connectivity index (χ0v) is 9.96. The highest BCUT2D eigenvalue weighted by molar-refractivity contribution is 5.73. The predicted molar refractivity (Wildman–Crippen MR) is 56.9 cm³/mol. The summed E-state index contributed by atoms with van der Waals surface area (Å²) >= 11 is 0. The van der Waals surface area contributed by atoms with Crippen LogP contribution in [0.4, 0.5) is 0 Å². The Balaban J connectivity index is 2.53. The molecule has 0 N–H and O–H groups in total. The molecule has 2 nitrogen and oxygen atoms in total. The first-order chi connectivity index (χ1) is 6.29. The van der Waals surface area contributed by atoms with Crippen LogP contribution in [0.5, 0.6) is 0 Å². The van der Waals surface area contributed by atoms with E-state index in [1.807, 2.05) is 20.8 Å². The summed E-state index contributed by atoms with van der Waals surface area (Å²) in [6.07, 6.45) is 2.15. The van der Waals surface area contributed by atoms with E-state index in [1.165, 1.54) is 0 Å². The first kappa shape index (κ1) is 11.5. The molecule has 0 radical (unpaired) electrons. The van der Waals surface area contributed by atoms with Crippen LogP contribution in [0.2, 0.25) is 0 Å². The maximum Gasteiger partial charge on any atom is 0.309 e. The maximum absolute atomic E-state index is 11.8. The first-order valence-corrected chi connectivity index (χ1v) is 5.52. The Hall–Kier alpha value is -0.530. The molecule has 1 aliphatic carbocycles. The molecule has 82 valence electrons. The molecule has 14 heavy (non-hydrogen) atoms. The van der Waals surface area contributed by atoms with Gasteiger partial charge in [0.05, 0.1) is 5.92 Å². The lowest BCUT2D eigenvalue weighted by Crippen LogP contribution is -2.29. The fraction of sp³-hybridized carbons (Fsp3) is 0.917. The summed E-state index contributed by atoms with van der Waals surface area (Å²) in [4.78, 5) is 11.8. The van der Waals surface area contributed by atoms with Gasteiger partial charge in [0.1, 0.15) is 5.60 Å². The largest absolute Gasteiger partial charge is 0.460 e. The topological polar surface area (TPSA) is 26.3 Å². The molecule has 0 saturated heterocycles. The Morgan fingerprint density at radius 3 is 2.14 bits per heavy atom. The summed E-state index contributed by atoms with van der Waals surface area (Å²) in [6, 6.07) is 0. The Labute approximate surface area is 87.0 Å². The molecule has 0 aromatic heterocycles. The van der Waals surface area contributed by atoms with Gasteiger partial charge < -0.3 is 4.74 Å². The van der Waals surface area contributed by atoms with Gasteiger partial charge in [-0.1, -0.05) is 13.8 Å².